The number of nitrogens with one attached hydrogen (secondary N) is 2. The largest absolute Gasteiger partial charge is 0.495 e. The normalized spacial score (nSPS) is 11.0. The summed E-state index contributed by atoms with van der Waals surface area (Å²) in [5.41, 5.74) is 0.370. The number of hydrogen-bond acceptors (Lipinski definition) is 5. The molecule has 0 fully saturated rings. The van der Waals surface area contributed by atoms with Gasteiger partial charge in [0.15, 0.2) is 0 Å². The Morgan fingerprint density at radius 3 is 2.48 bits per heavy atom. The molecule has 7 nitrogen and oxygen atoms in total. The Kier molecular flexibility index (Phi) is 6.37. The SMILES string of the molecule is COc1ccc(NC(C)=O)cc1S(=O)(=O)NCCOc1ccccc1. The summed E-state index contributed by atoms with van der Waals surface area (Å²) in [6, 6.07) is 13.5. The highest BCUT2D eigenvalue weighted by Crippen LogP contribution is 2.27. The zero-order valence-electron chi connectivity index (χ0n) is 14.0. The minimum atomic E-state index is -3.82. The molecular weight excluding hydrogens is 344 g/mol. The van der Waals surface area contributed by atoms with Crippen molar-refractivity contribution in [1.82, 2.24) is 4.72 Å². The molecule has 0 atom stereocenters. The molecule has 0 spiro atoms. The van der Waals surface area contributed by atoms with E-state index in [4.69, 9.17) is 9.47 Å². The van der Waals surface area contributed by atoms with Crippen molar-refractivity contribution in [2.24, 2.45) is 0 Å². The summed E-state index contributed by atoms with van der Waals surface area (Å²) in [7, 11) is -2.44. The van der Waals surface area contributed by atoms with Crippen LogP contribution in [0.1, 0.15) is 6.92 Å². The van der Waals surface area contributed by atoms with Crippen molar-refractivity contribution >= 4 is 21.6 Å². The standard InChI is InChI=1S/C17H20N2O5S/c1-13(20)19-14-8-9-16(23-2)17(12-14)25(21,22)18-10-11-24-15-6-4-3-5-7-15/h3-9,12,18H,10-11H2,1-2H3,(H,19,20). The minimum absolute atomic E-state index is 0.0547. The monoisotopic (exact) mass is 364 g/mol. The fourth-order valence-electron chi connectivity index (χ4n) is 2.11. The van der Waals surface area contributed by atoms with Crippen molar-refractivity contribution in [1.29, 1.82) is 0 Å². The number of hydrogen-bond donors (Lipinski definition) is 2. The lowest BCUT2D eigenvalue weighted by Crippen LogP contribution is -2.28. The zero-order valence-corrected chi connectivity index (χ0v) is 14.8. The summed E-state index contributed by atoms with van der Waals surface area (Å²) in [5, 5.41) is 2.55. The topological polar surface area (TPSA) is 93.7 Å². The van der Waals surface area contributed by atoms with Gasteiger partial charge in [-0.2, -0.15) is 0 Å². The van der Waals surface area contributed by atoms with E-state index < -0.39 is 10.0 Å². The maximum Gasteiger partial charge on any atom is 0.244 e. The van der Waals surface area contributed by atoms with Crippen molar-refractivity contribution in [2.75, 3.05) is 25.6 Å². The van der Waals surface area contributed by atoms with E-state index in [1.807, 2.05) is 18.2 Å². The molecular formula is C17H20N2O5S. The smallest absolute Gasteiger partial charge is 0.244 e. The van der Waals surface area contributed by atoms with Crippen LogP contribution in [0.25, 0.3) is 0 Å². The Morgan fingerprint density at radius 1 is 1.12 bits per heavy atom. The molecule has 8 heteroatoms. The predicted octanol–water partition coefficient (Wildman–Crippen LogP) is 2.01. The van der Waals surface area contributed by atoms with E-state index >= 15 is 0 Å². The van der Waals surface area contributed by atoms with Gasteiger partial charge < -0.3 is 14.8 Å². The average molecular weight is 364 g/mol. The van der Waals surface area contributed by atoms with Gasteiger partial charge in [-0.25, -0.2) is 13.1 Å². The van der Waals surface area contributed by atoms with Crippen LogP contribution in [0.15, 0.2) is 53.4 Å². The van der Waals surface area contributed by atoms with Gasteiger partial charge in [0.1, 0.15) is 23.0 Å². The van der Waals surface area contributed by atoms with Gasteiger partial charge in [0.25, 0.3) is 0 Å². The van der Waals surface area contributed by atoms with E-state index in [2.05, 4.69) is 10.0 Å². The van der Waals surface area contributed by atoms with Crippen LogP contribution in [-0.4, -0.2) is 34.6 Å². The van der Waals surface area contributed by atoms with Gasteiger partial charge in [-0.05, 0) is 30.3 Å². The molecule has 1 amide bonds. The average Bonchev–Trinajstić information content (AvgIpc) is 2.59. The maximum atomic E-state index is 12.5. The number of ether oxygens (including phenoxy) is 2. The number of benzene rings is 2. The second-order valence-corrected chi connectivity index (χ2v) is 6.84. The summed E-state index contributed by atoms with van der Waals surface area (Å²) >= 11 is 0. The molecule has 0 aromatic heterocycles. The number of para-hydroxylation sites is 1. The molecule has 0 saturated carbocycles. The summed E-state index contributed by atoms with van der Waals surface area (Å²) in [5.74, 6) is 0.551. The summed E-state index contributed by atoms with van der Waals surface area (Å²) in [4.78, 5) is 11.1. The Morgan fingerprint density at radius 2 is 1.84 bits per heavy atom. The molecule has 0 bridgehead atoms. The molecule has 134 valence electrons. The van der Waals surface area contributed by atoms with E-state index in [0.29, 0.717) is 11.4 Å². The Balaban J connectivity index is 2.05. The molecule has 0 unspecified atom stereocenters. The van der Waals surface area contributed by atoms with Gasteiger partial charge >= 0.3 is 0 Å². The number of amides is 1. The van der Waals surface area contributed by atoms with Crippen molar-refractivity contribution in [3.05, 3.63) is 48.5 Å². The molecule has 2 rings (SSSR count). The third-order valence-electron chi connectivity index (χ3n) is 3.18. The van der Waals surface area contributed by atoms with Gasteiger partial charge in [0, 0.05) is 19.2 Å². The highest BCUT2D eigenvalue weighted by molar-refractivity contribution is 7.89. The molecule has 0 aliphatic rings. The third kappa shape index (κ3) is 5.47. The number of methoxy groups -OCH3 is 1. The fourth-order valence-corrected chi connectivity index (χ4v) is 3.31. The molecule has 2 aromatic rings. The quantitative estimate of drug-likeness (QED) is 0.699. The molecule has 0 radical (unpaired) electrons. The number of anilines is 1. The Bertz CT molecular complexity index is 822. The molecule has 0 aliphatic heterocycles. The first kappa shape index (κ1) is 18.8. The van der Waals surface area contributed by atoms with Crippen LogP contribution in [0.5, 0.6) is 11.5 Å². The van der Waals surface area contributed by atoms with Gasteiger partial charge in [0.05, 0.1) is 7.11 Å². The van der Waals surface area contributed by atoms with E-state index in [1.165, 1.54) is 26.2 Å². The molecule has 0 heterocycles. The number of sulfonamides is 1. The first-order valence-electron chi connectivity index (χ1n) is 7.55. The first-order chi connectivity index (χ1) is 11.9. The summed E-state index contributed by atoms with van der Waals surface area (Å²) in [6.07, 6.45) is 0. The number of carbonyl (C=O) groups is 1. The maximum absolute atomic E-state index is 12.5. The first-order valence-corrected chi connectivity index (χ1v) is 9.04. The van der Waals surface area contributed by atoms with Crippen LogP contribution in [0.3, 0.4) is 0 Å². The van der Waals surface area contributed by atoms with E-state index in [9.17, 15) is 13.2 Å². The third-order valence-corrected chi connectivity index (χ3v) is 4.66. The number of rotatable bonds is 8. The van der Waals surface area contributed by atoms with Crippen LogP contribution in [0.2, 0.25) is 0 Å². The lowest BCUT2D eigenvalue weighted by molar-refractivity contribution is -0.114. The fraction of sp³-hybridized carbons (Fsp3) is 0.235. The van der Waals surface area contributed by atoms with Gasteiger partial charge in [0.2, 0.25) is 15.9 Å². The summed E-state index contributed by atoms with van der Waals surface area (Å²) in [6.45, 7) is 1.61. The van der Waals surface area contributed by atoms with E-state index in [-0.39, 0.29) is 29.7 Å². The zero-order chi connectivity index (χ0) is 18.3. The Labute approximate surface area is 147 Å². The molecule has 25 heavy (non-hydrogen) atoms. The summed E-state index contributed by atoms with van der Waals surface area (Å²) < 4.78 is 38.0. The van der Waals surface area contributed by atoms with E-state index in [0.717, 1.165) is 0 Å². The van der Waals surface area contributed by atoms with Gasteiger partial charge in [-0.3, -0.25) is 4.79 Å². The van der Waals surface area contributed by atoms with Gasteiger partial charge in [-0.1, -0.05) is 18.2 Å². The van der Waals surface area contributed by atoms with Crippen LogP contribution in [0.4, 0.5) is 5.69 Å². The minimum Gasteiger partial charge on any atom is -0.495 e. The Hall–Kier alpha value is -2.58. The van der Waals surface area contributed by atoms with Crippen LogP contribution >= 0.6 is 0 Å². The highest BCUT2D eigenvalue weighted by atomic mass is 32.2. The molecule has 0 saturated heterocycles. The van der Waals surface area contributed by atoms with E-state index in [1.54, 1.807) is 18.2 Å². The van der Waals surface area contributed by atoms with Crippen molar-refractivity contribution in [2.45, 2.75) is 11.8 Å². The lowest BCUT2D eigenvalue weighted by atomic mass is 10.3. The predicted molar refractivity (Wildman–Crippen MR) is 94.4 cm³/mol. The van der Waals surface area contributed by atoms with Crippen LogP contribution in [-0.2, 0) is 14.8 Å². The molecule has 2 N–H and O–H groups in total. The lowest BCUT2D eigenvalue weighted by Gasteiger charge is -2.13. The van der Waals surface area contributed by atoms with Gasteiger partial charge in [-0.15, -0.1) is 0 Å². The number of carbonyl (C=O) groups excluding carboxylic acids is 1. The second kappa shape index (κ2) is 8.50. The van der Waals surface area contributed by atoms with Crippen molar-refractivity contribution in [3.8, 4) is 11.5 Å². The van der Waals surface area contributed by atoms with Crippen molar-refractivity contribution < 1.29 is 22.7 Å². The second-order valence-electron chi connectivity index (χ2n) is 5.11. The highest BCUT2D eigenvalue weighted by Gasteiger charge is 2.20. The van der Waals surface area contributed by atoms with Crippen LogP contribution < -0.4 is 19.5 Å². The molecule has 0 aliphatic carbocycles. The van der Waals surface area contributed by atoms with Crippen molar-refractivity contribution in [3.63, 3.8) is 0 Å². The molecule has 2 aromatic carbocycles. The van der Waals surface area contributed by atoms with Crippen LogP contribution in [0, 0.1) is 0 Å².